The van der Waals surface area contributed by atoms with Crippen molar-refractivity contribution in [1.29, 1.82) is 0 Å². The monoisotopic (exact) mass is 370 g/mol. The van der Waals surface area contributed by atoms with Gasteiger partial charge in [-0.15, -0.1) is 0 Å². The minimum absolute atomic E-state index is 0.0142. The summed E-state index contributed by atoms with van der Waals surface area (Å²) in [6.07, 6.45) is 7.77. The highest BCUT2D eigenvalue weighted by atomic mass is 16.6. The molecule has 0 saturated heterocycles. The summed E-state index contributed by atoms with van der Waals surface area (Å²) in [5.74, 6) is 1.65. The third-order valence-electron chi connectivity index (χ3n) is 8.32. The summed E-state index contributed by atoms with van der Waals surface area (Å²) in [6, 6.07) is 0. The van der Waals surface area contributed by atoms with E-state index < -0.39 is 5.60 Å². The average Bonchev–Trinajstić information content (AvgIpc) is 2.89. The van der Waals surface area contributed by atoms with E-state index in [9.17, 15) is 14.4 Å². The zero-order chi connectivity index (χ0) is 19.6. The van der Waals surface area contributed by atoms with Gasteiger partial charge in [0.1, 0.15) is 0 Å². The van der Waals surface area contributed by atoms with Gasteiger partial charge in [0.05, 0.1) is 0 Å². The Morgan fingerprint density at radius 3 is 2.56 bits per heavy atom. The van der Waals surface area contributed by atoms with Crippen molar-refractivity contribution < 1.29 is 19.1 Å². The van der Waals surface area contributed by atoms with E-state index in [1.54, 1.807) is 6.92 Å². The molecule has 146 valence electrons. The second-order valence-electron chi connectivity index (χ2n) is 9.42. The number of allylic oxidation sites excluding steroid dienone is 2. The Morgan fingerprint density at radius 2 is 1.89 bits per heavy atom. The van der Waals surface area contributed by atoms with Crippen LogP contribution < -0.4 is 0 Å². The fourth-order valence-electron chi connectivity index (χ4n) is 7.19. The highest BCUT2D eigenvalue weighted by Gasteiger charge is 2.66. The molecular formula is C23H30O4. The quantitative estimate of drug-likeness (QED) is 0.684. The lowest BCUT2D eigenvalue weighted by molar-refractivity contribution is -0.185. The third kappa shape index (κ3) is 2.51. The van der Waals surface area contributed by atoms with Crippen LogP contribution in [0, 0.1) is 29.1 Å². The molecular weight excluding hydrogens is 340 g/mol. The van der Waals surface area contributed by atoms with E-state index in [0.717, 1.165) is 37.7 Å². The lowest BCUT2D eigenvalue weighted by Gasteiger charge is -2.56. The minimum Gasteiger partial charge on any atom is -0.451 e. The maximum Gasteiger partial charge on any atom is 0.303 e. The number of Topliss-reactive ketones (excluding diaryl/α,β-unsaturated/α-hetero) is 1. The van der Waals surface area contributed by atoms with Crippen molar-refractivity contribution in [3.8, 4) is 0 Å². The van der Waals surface area contributed by atoms with Gasteiger partial charge in [0.2, 0.25) is 0 Å². The van der Waals surface area contributed by atoms with Crippen LogP contribution in [0.3, 0.4) is 0 Å². The van der Waals surface area contributed by atoms with E-state index >= 15 is 0 Å². The predicted octanol–water partition coefficient (Wildman–Crippen LogP) is 4.19. The number of fused-ring (bicyclic) bond motifs is 5. The molecule has 0 N–H and O–H groups in total. The fraction of sp³-hybridized carbons (Fsp3) is 0.696. The SMILES string of the molecule is C=C1CC2C(CCC3(C)C2CCC3(OC(C)=O)C(C)=O)C2CCC(=O)C=C12. The Labute approximate surface area is 161 Å². The minimum atomic E-state index is -0.978. The molecule has 6 atom stereocenters. The van der Waals surface area contributed by atoms with Gasteiger partial charge < -0.3 is 4.74 Å². The van der Waals surface area contributed by atoms with Crippen molar-refractivity contribution in [1.82, 2.24) is 0 Å². The first kappa shape index (κ1) is 18.6. The Balaban J connectivity index is 1.70. The smallest absolute Gasteiger partial charge is 0.303 e. The molecule has 0 aromatic heterocycles. The average molecular weight is 370 g/mol. The van der Waals surface area contributed by atoms with Crippen LogP contribution in [-0.2, 0) is 19.1 Å². The molecule has 0 bridgehead atoms. The van der Waals surface area contributed by atoms with Crippen LogP contribution in [0.25, 0.3) is 0 Å². The lowest BCUT2D eigenvalue weighted by atomic mass is 9.49. The van der Waals surface area contributed by atoms with Crippen LogP contribution in [0.2, 0.25) is 0 Å². The zero-order valence-electron chi connectivity index (χ0n) is 16.7. The van der Waals surface area contributed by atoms with Gasteiger partial charge >= 0.3 is 5.97 Å². The molecule has 0 radical (unpaired) electrons. The van der Waals surface area contributed by atoms with Gasteiger partial charge in [0, 0.05) is 18.8 Å². The number of esters is 1. The molecule has 0 aromatic carbocycles. The highest BCUT2D eigenvalue weighted by Crippen LogP contribution is 2.66. The van der Waals surface area contributed by atoms with E-state index in [1.807, 2.05) is 6.08 Å². The topological polar surface area (TPSA) is 60.4 Å². The van der Waals surface area contributed by atoms with Crippen molar-refractivity contribution in [2.45, 2.75) is 71.3 Å². The molecule has 4 nitrogen and oxygen atoms in total. The predicted molar refractivity (Wildman–Crippen MR) is 102 cm³/mol. The Bertz CT molecular complexity index is 762. The number of hydrogen-bond donors (Lipinski definition) is 0. The molecule has 0 aromatic rings. The van der Waals surface area contributed by atoms with Crippen LogP contribution in [0.5, 0.6) is 0 Å². The van der Waals surface area contributed by atoms with Crippen molar-refractivity contribution in [2.75, 3.05) is 0 Å². The summed E-state index contributed by atoms with van der Waals surface area (Å²) in [5, 5.41) is 0. The van der Waals surface area contributed by atoms with Gasteiger partial charge in [-0.05, 0) is 80.8 Å². The third-order valence-corrected chi connectivity index (χ3v) is 8.32. The maximum atomic E-state index is 12.7. The summed E-state index contributed by atoms with van der Waals surface area (Å²) in [6.45, 7) is 9.47. The number of ether oxygens (including phenoxy) is 1. The molecule has 0 spiro atoms. The standard InChI is InChI=1S/C23H30O4/c1-13-11-20-18(17-6-5-16(26)12-19(13)17)7-9-22(4)21(20)8-10-23(22,14(2)24)27-15(3)25/h12,17-18,20-21H,1,5-11H2,2-4H3. The lowest BCUT2D eigenvalue weighted by Crippen LogP contribution is -2.57. The summed E-state index contributed by atoms with van der Waals surface area (Å²) in [5.41, 5.74) is 1.00. The molecule has 4 heteroatoms. The Kier molecular flexibility index (Phi) is 4.25. The second-order valence-corrected chi connectivity index (χ2v) is 9.42. The van der Waals surface area contributed by atoms with Gasteiger partial charge in [-0.2, -0.15) is 0 Å². The van der Waals surface area contributed by atoms with E-state index in [0.29, 0.717) is 36.5 Å². The van der Waals surface area contributed by atoms with Crippen LogP contribution in [0.15, 0.2) is 23.8 Å². The first-order valence-corrected chi connectivity index (χ1v) is 10.3. The highest BCUT2D eigenvalue weighted by molar-refractivity contribution is 5.92. The Morgan fingerprint density at radius 1 is 1.15 bits per heavy atom. The summed E-state index contributed by atoms with van der Waals surface area (Å²) in [7, 11) is 0. The van der Waals surface area contributed by atoms with Crippen molar-refractivity contribution in [3.05, 3.63) is 23.8 Å². The van der Waals surface area contributed by atoms with Crippen molar-refractivity contribution >= 4 is 17.5 Å². The normalized spacial score (nSPS) is 43.3. The van der Waals surface area contributed by atoms with Gasteiger partial charge in [0.15, 0.2) is 17.2 Å². The molecule has 27 heavy (non-hydrogen) atoms. The van der Waals surface area contributed by atoms with Crippen LogP contribution in [0.4, 0.5) is 0 Å². The van der Waals surface area contributed by atoms with Crippen LogP contribution in [-0.4, -0.2) is 23.1 Å². The largest absolute Gasteiger partial charge is 0.451 e. The first-order chi connectivity index (χ1) is 12.7. The number of ketones is 2. The molecule has 3 fully saturated rings. The molecule has 4 aliphatic carbocycles. The van der Waals surface area contributed by atoms with E-state index in [2.05, 4.69) is 13.5 Å². The van der Waals surface area contributed by atoms with Gasteiger partial charge in [0.25, 0.3) is 0 Å². The molecule has 0 aliphatic heterocycles. The van der Waals surface area contributed by atoms with E-state index in [1.165, 1.54) is 12.5 Å². The summed E-state index contributed by atoms with van der Waals surface area (Å²) in [4.78, 5) is 36.5. The molecule has 4 aliphatic rings. The van der Waals surface area contributed by atoms with Crippen molar-refractivity contribution in [3.63, 3.8) is 0 Å². The molecule has 0 heterocycles. The summed E-state index contributed by atoms with van der Waals surface area (Å²) < 4.78 is 5.79. The molecule has 4 rings (SSSR count). The molecule has 6 unspecified atom stereocenters. The Hall–Kier alpha value is -1.71. The zero-order valence-corrected chi connectivity index (χ0v) is 16.7. The van der Waals surface area contributed by atoms with Crippen molar-refractivity contribution in [2.24, 2.45) is 29.1 Å². The number of hydrogen-bond acceptors (Lipinski definition) is 4. The van der Waals surface area contributed by atoms with Gasteiger partial charge in [-0.3, -0.25) is 14.4 Å². The maximum absolute atomic E-state index is 12.7. The first-order valence-electron chi connectivity index (χ1n) is 10.3. The number of carbonyl (C=O) groups excluding carboxylic acids is 3. The van der Waals surface area contributed by atoms with Gasteiger partial charge in [-0.1, -0.05) is 19.1 Å². The van der Waals surface area contributed by atoms with Gasteiger partial charge in [-0.25, -0.2) is 0 Å². The van der Waals surface area contributed by atoms with Crippen LogP contribution >= 0.6 is 0 Å². The van der Waals surface area contributed by atoms with Crippen LogP contribution in [0.1, 0.15) is 65.7 Å². The summed E-state index contributed by atoms with van der Waals surface area (Å²) >= 11 is 0. The molecule has 3 saturated carbocycles. The van der Waals surface area contributed by atoms with E-state index in [-0.39, 0.29) is 23.0 Å². The number of rotatable bonds is 2. The number of carbonyl (C=O) groups is 3. The van der Waals surface area contributed by atoms with E-state index in [4.69, 9.17) is 4.74 Å². The second kappa shape index (κ2) is 6.15. The fourth-order valence-corrected chi connectivity index (χ4v) is 7.19. The molecule has 0 amide bonds.